The number of imidazole rings is 1. The molecule has 0 radical (unpaired) electrons. The van der Waals surface area contributed by atoms with Crippen molar-refractivity contribution in [3.05, 3.63) is 108 Å². The summed E-state index contributed by atoms with van der Waals surface area (Å²) in [7, 11) is 2.08. The summed E-state index contributed by atoms with van der Waals surface area (Å²) in [5.74, 6) is 6.87. The fourth-order valence-electron chi connectivity index (χ4n) is 3.79. The summed E-state index contributed by atoms with van der Waals surface area (Å²) in [5.41, 5.74) is 6.70. The van der Waals surface area contributed by atoms with Gasteiger partial charge in [0.2, 0.25) is 0 Å². The van der Waals surface area contributed by atoms with Crippen LogP contribution in [0.25, 0.3) is 27.7 Å². The molecule has 2 heterocycles. The zero-order valence-corrected chi connectivity index (χ0v) is 15.6. The Kier molecular flexibility index (Phi) is 3.92. The van der Waals surface area contributed by atoms with Gasteiger partial charge in [0.05, 0.1) is 7.05 Å². The molecule has 5 rings (SSSR count). The van der Waals surface area contributed by atoms with Crippen LogP contribution in [0.4, 0.5) is 0 Å². The van der Waals surface area contributed by atoms with Crippen molar-refractivity contribution in [2.75, 3.05) is 0 Å². The summed E-state index contributed by atoms with van der Waals surface area (Å²) < 4.78 is 4.38. The summed E-state index contributed by atoms with van der Waals surface area (Å²) in [4.78, 5) is 0. The Labute approximate surface area is 164 Å². The van der Waals surface area contributed by atoms with Gasteiger partial charge in [0.1, 0.15) is 23.5 Å². The molecule has 28 heavy (non-hydrogen) atoms. The Morgan fingerprint density at radius 1 is 0.750 bits per heavy atom. The van der Waals surface area contributed by atoms with Crippen LogP contribution in [0.2, 0.25) is 0 Å². The highest BCUT2D eigenvalue weighted by molar-refractivity contribution is 6.00. The van der Waals surface area contributed by atoms with Crippen LogP contribution in [0, 0.1) is 11.8 Å². The van der Waals surface area contributed by atoms with Crippen LogP contribution in [0.1, 0.15) is 11.1 Å². The van der Waals surface area contributed by atoms with Gasteiger partial charge in [-0.2, -0.15) is 4.40 Å². The minimum Gasteiger partial charge on any atom is -0.232 e. The fraction of sp³-hybridized carbons (Fsp3) is 0.0385. The minimum absolute atomic E-state index is 1.02. The predicted octanol–water partition coefficient (Wildman–Crippen LogP) is 4.98. The van der Waals surface area contributed by atoms with Crippen molar-refractivity contribution in [3.63, 3.8) is 0 Å². The van der Waals surface area contributed by atoms with E-state index in [1.165, 1.54) is 22.0 Å². The fourth-order valence-corrected chi connectivity index (χ4v) is 3.79. The molecule has 0 saturated carbocycles. The molecule has 0 aliphatic rings. The highest BCUT2D eigenvalue weighted by Crippen LogP contribution is 2.33. The summed E-state index contributed by atoms with van der Waals surface area (Å²) in [5, 5.41) is 1.20. The van der Waals surface area contributed by atoms with Crippen molar-refractivity contribution < 1.29 is 4.57 Å². The van der Waals surface area contributed by atoms with E-state index in [1.54, 1.807) is 0 Å². The first-order valence-corrected chi connectivity index (χ1v) is 9.37. The number of aromatic nitrogens is 2. The molecule has 0 atom stereocenters. The third kappa shape index (κ3) is 2.66. The molecule has 2 nitrogen and oxygen atoms in total. The van der Waals surface area contributed by atoms with Crippen molar-refractivity contribution >= 4 is 16.6 Å². The monoisotopic (exact) mass is 359 g/mol. The first kappa shape index (κ1) is 16.4. The van der Waals surface area contributed by atoms with Gasteiger partial charge in [-0.25, -0.2) is 4.57 Å². The van der Waals surface area contributed by atoms with Gasteiger partial charge in [0, 0.05) is 16.5 Å². The van der Waals surface area contributed by atoms with E-state index in [2.05, 4.69) is 94.8 Å². The van der Waals surface area contributed by atoms with Crippen LogP contribution < -0.4 is 4.57 Å². The van der Waals surface area contributed by atoms with Gasteiger partial charge in [0.15, 0.2) is 0 Å². The number of fused-ring (bicyclic) bond motifs is 3. The van der Waals surface area contributed by atoms with Crippen LogP contribution in [0.5, 0.6) is 0 Å². The maximum absolute atomic E-state index is 3.50. The Hall–Kier alpha value is -3.83. The van der Waals surface area contributed by atoms with Gasteiger partial charge in [-0.05, 0) is 23.8 Å². The molecule has 0 aliphatic heterocycles. The van der Waals surface area contributed by atoms with Gasteiger partial charge < -0.3 is 0 Å². The molecule has 0 amide bonds. The molecule has 0 fully saturated rings. The van der Waals surface area contributed by atoms with E-state index in [4.69, 9.17) is 0 Å². The number of hydrogen-bond donors (Lipinski definition) is 0. The highest BCUT2D eigenvalue weighted by atomic mass is 15.1. The molecule has 0 saturated heterocycles. The Bertz CT molecular complexity index is 1350. The van der Waals surface area contributed by atoms with E-state index in [0.29, 0.717) is 0 Å². The number of aryl methyl sites for hydroxylation is 1. The van der Waals surface area contributed by atoms with E-state index in [9.17, 15) is 0 Å². The largest absolute Gasteiger partial charge is 0.303 e. The quantitative estimate of drug-likeness (QED) is 0.295. The van der Waals surface area contributed by atoms with Crippen molar-refractivity contribution in [2.24, 2.45) is 7.05 Å². The van der Waals surface area contributed by atoms with Crippen LogP contribution in [0.3, 0.4) is 0 Å². The number of pyridine rings is 1. The zero-order valence-electron chi connectivity index (χ0n) is 15.6. The molecule has 0 bridgehead atoms. The number of rotatable bonds is 1. The third-order valence-corrected chi connectivity index (χ3v) is 5.08. The lowest BCUT2D eigenvalue weighted by Crippen LogP contribution is -2.27. The van der Waals surface area contributed by atoms with Gasteiger partial charge in [-0.1, -0.05) is 78.6 Å². The van der Waals surface area contributed by atoms with E-state index < -0.39 is 0 Å². The zero-order chi connectivity index (χ0) is 18.9. The number of para-hydroxylation sites is 1. The second-order valence-electron chi connectivity index (χ2n) is 6.85. The van der Waals surface area contributed by atoms with Crippen molar-refractivity contribution in [1.29, 1.82) is 0 Å². The van der Waals surface area contributed by atoms with Gasteiger partial charge >= 0.3 is 5.65 Å². The first-order valence-electron chi connectivity index (χ1n) is 9.37. The smallest absolute Gasteiger partial charge is 0.232 e. The van der Waals surface area contributed by atoms with Crippen LogP contribution in [-0.4, -0.2) is 4.40 Å². The van der Waals surface area contributed by atoms with Gasteiger partial charge in [-0.3, -0.25) is 0 Å². The number of hydrogen-bond acceptors (Lipinski definition) is 0. The number of benzene rings is 3. The van der Waals surface area contributed by atoms with E-state index in [0.717, 1.165) is 16.8 Å². The minimum atomic E-state index is 1.02. The second kappa shape index (κ2) is 6.72. The highest BCUT2D eigenvalue weighted by Gasteiger charge is 2.22. The van der Waals surface area contributed by atoms with Gasteiger partial charge in [-0.15, -0.1) is 0 Å². The summed E-state index contributed by atoms with van der Waals surface area (Å²) in [6.45, 7) is 0. The van der Waals surface area contributed by atoms with Crippen LogP contribution in [-0.2, 0) is 7.05 Å². The lowest BCUT2D eigenvalue weighted by molar-refractivity contribution is -0.644. The summed E-state index contributed by atoms with van der Waals surface area (Å²) in [6, 6.07) is 29.2. The molecule has 2 heteroatoms. The maximum atomic E-state index is 3.50. The van der Waals surface area contributed by atoms with E-state index >= 15 is 0 Å². The lowest BCUT2D eigenvalue weighted by Gasteiger charge is -2.10. The summed E-state index contributed by atoms with van der Waals surface area (Å²) in [6.07, 6.45) is 4.20. The topological polar surface area (TPSA) is 8.29 Å². The average Bonchev–Trinajstić information content (AvgIpc) is 3.15. The number of nitrogens with zero attached hydrogens (tertiary/aromatic N) is 2. The molecule has 5 aromatic rings. The Morgan fingerprint density at radius 3 is 2.21 bits per heavy atom. The van der Waals surface area contributed by atoms with Crippen LogP contribution >= 0.6 is 0 Å². The average molecular weight is 359 g/mol. The molecular weight excluding hydrogens is 340 g/mol. The second-order valence-corrected chi connectivity index (χ2v) is 6.85. The maximum Gasteiger partial charge on any atom is 0.303 e. The molecule has 2 aromatic heterocycles. The third-order valence-electron chi connectivity index (χ3n) is 5.08. The lowest BCUT2D eigenvalue weighted by atomic mass is 9.95. The molecular formula is C26H19N2+. The normalized spacial score (nSPS) is 10.8. The van der Waals surface area contributed by atoms with Gasteiger partial charge in [0.25, 0.3) is 0 Å². The van der Waals surface area contributed by atoms with Crippen LogP contribution in [0.15, 0.2) is 97.3 Å². The van der Waals surface area contributed by atoms with Crippen molar-refractivity contribution in [2.45, 2.75) is 0 Å². The van der Waals surface area contributed by atoms with Crippen molar-refractivity contribution in [1.82, 2.24) is 4.40 Å². The van der Waals surface area contributed by atoms with E-state index in [-0.39, 0.29) is 0 Å². The molecule has 3 aromatic carbocycles. The molecule has 0 spiro atoms. The SMILES string of the molecule is C[n+]1ccn2c3ccccc3c(-c3ccccc3)c(C#Cc3ccccc3)c21. The first-order chi connectivity index (χ1) is 13.8. The Morgan fingerprint density at radius 2 is 1.43 bits per heavy atom. The molecule has 0 N–H and O–H groups in total. The van der Waals surface area contributed by atoms with Crippen molar-refractivity contribution in [3.8, 4) is 23.0 Å². The molecule has 0 aliphatic carbocycles. The molecule has 132 valence electrons. The predicted molar refractivity (Wildman–Crippen MR) is 114 cm³/mol. The molecule has 0 unspecified atom stereocenters. The Balaban J connectivity index is 1.94. The standard InChI is InChI=1S/C26H19N2/c1-27-18-19-28-24-15-9-8-14-22(24)25(21-12-6-3-7-13-21)23(26(27)28)17-16-20-10-4-2-5-11-20/h2-15,18-19H,1H3/q+1. The van der Waals surface area contributed by atoms with E-state index in [1.807, 2.05) is 30.3 Å². The summed E-state index contributed by atoms with van der Waals surface area (Å²) >= 11 is 0.